The summed E-state index contributed by atoms with van der Waals surface area (Å²) in [5, 5.41) is 13.9. The van der Waals surface area contributed by atoms with Crippen molar-refractivity contribution in [3.63, 3.8) is 0 Å². The van der Waals surface area contributed by atoms with Crippen molar-refractivity contribution in [3.8, 4) is 0 Å². The largest absolute Gasteiger partial charge is 0.480 e. The average Bonchev–Trinajstić information content (AvgIpc) is 2.55. The first-order valence-corrected chi connectivity index (χ1v) is 5.11. The summed E-state index contributed by atoms with van der Waals surface area (Å²) in [7, 11) is 0. The number of hydrogen-bond donors (Lipinski definition) is 3. The number of amides is 1. The third kappa shape index (κ3) is 2.89. The average molecular weight is 204 g/mol. The molecule has 74 valence electrons. The van der Waals surface area contributed by atoms with E-state index in [0.717, 1.165) is 5.88 Å². The highest BCUT2D eigenvalue weighted by molar-refractivity contribution is 7.99. The molecule has 1 saturated heterocycles. The van der Waals surface area contributed by atoms with E-state index in [1.54, 1.807) is 11.8 Å². The number of carboxylic acids is 1. The van der Waals surface area contributed by atoms with Gasteiger partial charge in [-0.2, -0.15) is 0 Å². The molecule has 6 heteroatoms. The van der Waals surface area contributed by atoms with Gasteiger partial charge in [0.25, 0.3) is 0 Å². The third-order valence-electron chi connectivity index (χ3n) is 1.76. The third-order valence-corrected chi connectivity index (χ3v) is 2.70. The van der Waals surface area contributed by atoms with Gasteiger partial charge in [-0.25, -0.2) is 0 Å². The highest BCUT2D eigenvalue weighted by Crippen LogP contribution is 2.09. The second kappa shape index (κ2) is 4.48. The molecular weight excluding hydrogens is 192 g/mol. The number of nitrogens with one attached hydrogen (secondary N) is 2. The predicted octanol–water partition coefficient (Wildman–Crippen LogP) is -0.762. The van der Waals surface area contributed by atoms with Crippen LogP contribution in [-0.2, 0) is 9.59 Å². The molecule has 1 rings (SSSR count). The van der Waals surface area contributed by atoms with Crippen LogP contribution < -0.4 is 10.6 Å². The molecule has 1 aliphatic rings. The van der Waals surface area contributed by atoms with Gasteiger partial charge in [0.2, 0.25) is 5.91 Å². The van der Waals surface area contributed by atoms with Crippen LogP contribution in [0.15, 0.2) is 0 Å². The van der Waals surface area contributed by atoms with E-state index in [0.29, 0.717) is 5.75 Å². The molecule has 1 unspecified atom stereocenters. The Balaban J connectivity index is 2.35. The summed E-state index contributed by atoms with van der Waals surface area (Å²) < 4.78 is 0. The fourth-order valence-corrected chi connectivity index (χ4v) is 1.88. The minimum absolute atomic E-state index is 0.236. The fraction of sp³-hybridized carbons (Fsp3) is 0.714. The van der Waals surface area contributed by atoms with Crippen molar-refractivity contribution in [2.45, 2.75) is 19.0 Å². The van der Waals surface area contributed by atoms with Gasteiger partial charge in [0, 0.05) is 11.6 Å². The maximum atomic E-state index is 11.3. The van der Waals surface area contributed by atoms with E-state index in [4.69, 9.17) is 5.11 Å². The van der Waals surface area contributed by atoms with E-state index in [-0.39, 0.29) is 11.9 Å². The monoisotopic (exact) mass is 204 g/mol. The molecule has 0 spiro atoms. The molecule has 3 N–H and O–H groups in total. The van der Waals surface area contributed by atoms with Crippen LogP contribution >= 0.6 is 11.8 Å². The Morgan fingerprint density at radius 1 is 1.69 bits per heavy atom. The van der Waals surface area contributed by atoms with Crippen molar-refractivity contribution in [1.82, 2.24) is 10.6 Å². The summed E-state index contributed by atoms with van der Waals surface area (Å²) in [5.74, 6) is 0.205. The van der Waals surface area contributed by atoms with Crippen LogP contribution in [-0.4, -0.2) is 40.7 Å². The van der Waals surface area contributed by atoms with Crippen LogP contribution in [0.2, 0.25) is 0 Å². The molecule has 1 aliphatic heterocycles. The molecule has 1 fully saturated rings. The Morgan fingerprint density at radius 2 is 2.38 bits per heavy atom. The zero-order chi connectivity index (χ0) is 9.84. The number of carbonyl (C=O) groups excluding carboxylic acids is 1. The zero-order valence-electron chi connectivity index (χ0n) is 7.24. The lowest BCUT2D eigenvalue weighted by Gasteiger charge is -2.13. The van der Waals surface area contributed by atoms with Crippen molar-refractivity contribution >= 4 is 23.6 Å². The van der Waals surface area contributed by atoms with Gasteiger partial charge in [0.1, 0.15) is 6.04 Å². The number of carbonyl (C=O) groups is 2. The maximum absolute atomic E-state index is 11.3. The van der Waals surface area contributed by atoms with Gasteiger partial charge in [-0.1, -0.05) is 0 Å². The van der Waals surface area contributed by atoms with Gasteiger partial charge >= 0.3 is 5.97 Å². The van der Waals surface area contributed by atoms with E-state index in [1.165, 1.54) is 6.92 Å². The van der Waals surface area contributed by atoms with E-state index in [1.807, 2.05) is 0 Å². The van der Waals surface area contributed by atoms with Gasteiger partial charge in [-0.15, -0.1) is 11.8 Å². The molecular formula is C7H12N2O3S. The Kier molecular flexibility index (Phi) is 3.56. The molecule has 2 atom stereocenters. The first kappa shape index (κ1) is 10.3. The molecule has 1 heterocycles. The molecule has 13 heavy (non-hydrogen) atoms. The molecule has 0 saturated carbocycles. The normalized spacial score (nSPS) is 23.9. The Morgan fingerprint density at radius 3 is 2.85 bits per heavy atom. The van der Waals surface area contributed by atoms with Crippen LogP contribution in [0.25, 0.3) is 0 Å². The molecule has 0 radical (unpaired) electrons. The van der Waals surface area contributed by atoms with E-state index in [2.05, 4.69) is 10.6 Å². The lowest BCUT2D eigenvalue weighted by Crippen LogP contribution is -2.47. The van der Waals surface area contributed by atoms with Crippen molar-refractivity contribution in [2.24, 2.45) is 0 Å². The lowest BCUT2D eigenvalue weighted by atomic mass is 10.2. The van der Waals surface area contributed by atoms with Crippen LogP contribution in [0.5, 0.6) is 0 Å². The number of aliphatic carboxylic acids is 1. The summed E-state index contributed by atoms with van der Waals surface area (Å²) in [5.41, 5.74) is 0. The summed E-state index contributed by atoms with van der Waals surface area (Å²) in [4.78, 5) is 21.7. The van der Waals surface area contributed by atoms with Crippen molar-refractivity contribution in [2.75, 3.05) is 11.6 Å². The van der Waals surface area contributed by atoms with Crippen LogP contribution in [0.3, 0.4) is 0 Å². The second-order valence-corrected chi connectivity index (χ2v) is 3.87. The van der Waals surface area contributed by atoms with Gasteiger partial charge in [0.15, 0.2) is 0 Å². The lowest BCUT2D eigenvalue weighted by molar-refractivity contribution is -0.141. The number of carboxylic acid groups (broad SMARTS) is 1. The minimum atomic E-state index is -1.01. The molecule has 0 aromatic heterocycles. The highest BCUT2D eigenvalue weighted by Gasteiger charge is 2.24. The molecule has 5 nitrogen and oxygen atoms in total. The first-order chi connectivity index (χ1) is 6.11. The summed E-state index contributed by atoms with van der Waals surface area (Å²) in [6.45, 7) is 1.45. The Bertz CT molecular complexity index is 216. The van der Waals surface area contributed by atoms with Crippen LogP contribution in [0.1, 0.15) is 6.92 Å². The quantitative estimate of drug-likeness (QED) is 0.563. The van der Waals surface area contributed by atoms with Crippen molar-refractivity contribution < 1.29 is 14.7 Å². The van der Waals surface area contributed by atoms with Gasteiger partial charge in [0.05, 0.1) is 6.04 Å². The van der Waals surface area contributed by atoms with Gasteiger partial charge in [-0.05, 0) is 6.92 Å². The van der Waals surface area contributed by atoms with E-state index in [9.17, 15) is 9.59 Å². The van der Waals surface area contributed by atoms with Gasteiger partial charge < -0.3 is 10.4 Å². The van der Waals surface area contributed by atoms with Gasteiger partial charge in [-0.3, -0.25) is 14.9 Å². The molecule has 0 aromatic carbocycles. The van der Waals surface area contributed by atoms with Crippen LogP contribution in [0, 0.1) is 0 Å². The number of thioether (sulfide) groups is 1. The molecule has 1 amide bonds. The Labute approximate surface area is 80.3 Å². The van der Waals surface area contributed by atoms with Crippen LogP contribution in [0.4, 0.5) is 0 Å². The highest BCUT2D eigenvalue weighted by atomic mass is 32.2. The number of rotatable bonds is 3. The molecule has 0 aromatic rings. The Hall–Kier alpha value is -0.750. The summed E-state index contributed by atoms with van der Waals surface area (Å²) in [6.07, 6.45) is 0. The topological polar surface area (TPSA) is 78.4 Å². The van der Waals surface area contributed by atoms with E-state index >= 15 is 0 Å². The fourth-order valence-electron chi connectivity index (χ4n) is 0.939. The van der Waals surface area contributed by atoms with E-state index < -0.39 is 12.0 Å². The number of hydrogen-bond acceptors (Lipinski definition) is 4. The smallest absolute Gasteiger partial charge is 0.325 e. The van der Waals surface area contributed by atoms with Crippen molar-refractivity contribution in [3.05, 3.63) is 0 Å². The first-order valence-electron chi connectivity index (χ1n) is 3.95. The van der Waals surface area contributed by atoms with Crippen molar-refractivity contribution in [1.29, 1.82) is 0 Å². The summed E-state index contributed by atoms with van der Waals surface area (Å²) in [6, 6.07) is -1.06. The predicted molar refractivity (Wildman–Crippen MR) is 49.5 cm³/mol. The molecule has 0 bridgehead atoms. The molecule has 0 aliphatic carbocycles. The summed E-state index contributed by atoms with van der Waals surface area (Å²) >= 11 is 1.63. The minimum Gasteiger partial charge on any atom is -0.480 e. The maximum Gasteiger partial charge on any atom is 0.325 e. The second-order valence-electron chi connectivity index (χ2n) is 2.84. The SMILES string of the molecule is C[C@@H](NC(=O)C1CSCN1)C(=O)O. The zero-order valence-corrected chi connectivity index (χ0v) is 8.06. The standard InChI is InChI=1S/C7H12N2O3S/c1-4(7(11)12)9-6(10)5-2-13-3-8-5/h4-5,8H,2-3H2,1H3,(H,9,10)(H,11,12)/t4-,5?/m1/s1.